The summed E-state index contributed by atoms with van der Waals surface area (Å²) in [6.45, 7) is -0.166. The number of halogens is 1. The highest BCUT2D eigenvalue weighted by Crippen LogP contribution is 2.13. The molecule has 0 spiro atoms. The van der Waals surface area contributed by atoms with E-state index >= 15 is 0 Å². The van der Waals surface area contributed by atoms with Crippen LogP contribution in [0.5, 0.6) is 0 Å². The lowest BCUT2D eigenvalue weighted by molar-refractivity contribution is -0.137. The van der Waals surface area contributed by atoms with Gasteiger partial charge in [-0.25, -0.2) is 0 Å². The summed E-state index contributed by atoms with van der Waals surface area (Å²) in [6, 6.07) is 0. The van der Waals surface area contributed by atoms with Crippen molar-refractivity contribution in [3.8, 4) is 0 Å². The van der Waals surface area contributed by atoms with Gasteiger partial charge >= 0.3 is 5.97 Å². The summed E-state index contributed by atoms with van der Waals surface area (Å²) >= 11 is 0. The fourth-order valence-corrected chi connectivity index (χ4v) is 0.663. The van der Waals surface area contributed by atoms with Crippen LogP contribution in [0, 0.1) is 5.92 Å². The van der Waals surface area contributed by atoms with Gasteiger partial charge in [0.05, 0.1) is 19.7 Å². The molecule has 4 heteroatoms. The standard InChI is InChI=1S/C5H7FO2.H2S/c6-2-4-1-5(7)8-3-4;/h4H,1-3H2;1H2/t4-;/m1./s1. The molecule has 1 fully saturated rings. The minimum atomic E-state index is -0.439. The summed E-state index contributed by atoms with van der Waals surface area (Å²) in [5.41, 5.74) is 0. The molecule has 1 aliphatic rings. The Morgan fingerprint density at radius 3 is 2.67 bits per heavy atom. The minimum absolute atomic E-state index is 0. The van der Waals surface area contributed by atoms with Crippen LogP contribution >= 0.6 is 13.5 Å². The van der Waals surface area contributed by atoms with Gasteiger partial charge in [-0.1, -0.05) is 0 Å². The van der Waals surface area contributed by atoms with Crippen molar-refractivity contribution in [3.63, 3.8) is 0 Å². The van der Waals surface area contributed by atoms with Crippen LogP contribution in [0.15, 0.2) is 0 Å². The van der Waals surface area contributed by atoms with Crippen molar-refractivity contribution >= 4 is 19.5 Å². The molecule has 2 nitrogen and oxygen atoms in total. The summed E-state index contributed by atoms with van der Waals surface area (Å²) in [7, 11) is 0. The van der Waals surface area contributed by atoms with E-state index in [0.717, 1.165) is 0 Å². The minimum Gasteiger partial charge on any atom is -0.465 e. The van der Waals surface area contributed by atoms with E-state index in [0.29, 0.717) is 0 Å². The highest BCUT2D eigenvalue weighted by atomic mass is 32.1. The highest BCUT2D eigenvalue weighted by molar-refractivity contribution is 7.59. The maximum atomic E-state index is 11.6. The fraction of sp³-hybridized carbons (Fsp3) is 0.800. The van der Waals surface area contributed by atoms with Gasteiger partial charge in [0.2, 0.25) is 0 Å². The molecule has 0 radical (unpaired) electrons. The molecule has 0 saturated carbocycles. The normalized spacial score (nSPS) is 25.0. The maximum Gasteiger partial charge on any atom is 0.306 e. The van der Waals surface area contributed by atoms with E-state index in [9.17, 15) is 9.18 Å². The first kappa shape index (κ1) is 8.75. The van der Waals surface area contributed by atoms with Gasteiger partial charge in [-0.05, 0) is 0 Å². The Morgan fingerprint density at radius 2 is 2.44 bits per heavy atom. The number of carbonyl (C=O) groups excluding carboxylic acids is 1. The molecule has 0 N–H and O–H groups in total. The summed E-state index contributed by atoms with van der Waals surface area (Å²) in [4.78, 5) is 10.2. The van der Waals surface area contributed by atoms with Crippen molar-refractivity contribution in [1.29, 1.82) is 0 Å². The van der Waals surface area contributed by atoms with Gasteiger partial charge in [0, 0.05) is 5.92 Å². The molecule has 0 unspecified atom stereocenters. The number of rotatable bonds is 1. The SMILES string of the molecule is O=C1C[C@H](CF)CO1.S. The molecule has 0 aliphatic carbocycles. The number of cyclic esters (lactones) is 1. The monoisotopic (exact) mass is 152 g/mol. The smallest absolute Gasteiger partial charge is 0.306 e. The van der Waals surface area contributed by atoms with Gasteiger partial charge in [0.15, 0.2) is 0 Å². The Bertz CT molecular complexity index is 107. The largest absolute Gasteiger partial charge is 0.465 e. The summed E-state index contributed by atoms with van der Waals surface area (Å²) in [5.74, 6) is -0.435. The molecule has 1 saturated heterocycles. The molecule has 0 amide bonds. The van der Waals surface area contributed by atoms with Crippen molar-refractivity contribution < 1.29 is 13.9 Å². The van der Waals surface area contributed by atoms with Crippen LogP contribution in [-0.4, -0.2) is 19.3 Å². The number of esters is 1. The molecule has 9 heavy (non-hydrogen) atoms. The van der Waals surface area contributed by atoms with Crippen LogP contribution in [0.25, 0.3) is 0 Å². The van der Waals surface area contributed by atoms with Crippen molar-refractivity contribution in [1.82, 2.24) is 0 Å². The van der Waals surface area contributed by atoms with Gasteiger partial charge in [-0.15, -0.1) is 0 Å². The van der Waals surface area contributed by atoms with E-state index in [1.54, 1.807) is 0 Å². The quantitative estimate of drug-likeness (QED) is 0.515. The lowest BCUT2D eigenvalue weighted by Gasteiger charge is -1.92. The molecule has 1 atom stereocenters. The third-order valence-corrected chi connectivity index (χ3v) is 1.15. The average Bonchev–Trinajstić information content (AvgIpc) is 2.14. The van der Waals surface area contributed by atoms with E-state index in [4.69, 9.17) is 0 Å². The maximum absolute atomic E-state index is 11.6. The second-order valence-corrected chi connectivity index (χ2v) is 1.91. The molecule has 1 heterocycles. The predicted octanol–water partition coefficient (Wildman–Crippen LogP) is 0.632. The van der Waals surface area contributed by atoms with Crippen LogP contribution in [0.4, 0.5) is 4.39 Å². The Morgan fingerprint density at radius 1 is 1.78 bits per heavy atom. The lowest BCUT2D eigenvalue weighted by atomic mass is 10.1. The first-order valence-corrected chi connectivity index (χ1v) is 2.54. The zero-order valence-corrected chi connectivity index (χ0v) is 5.89. The van der Waals surface area contributed by atoms with Crippen molar-refractivity contribution in [2.75, 3.05) is 13.3 Å². The van der Waals surface area contributed by atoms with Gasteiger partial charge in [0.1, 0.15) is 0 Å². The third kappa shape index (κ3) is 2.22. The van der Waals surface area contributed by atoms with Crippen LogP contribution in [-0.2, 0) is 9.53 Å². The number of alkyl halides is 1. The van der Waals surface area contributed by atoms with Gasteiger partial charge < -0.3 is 4.74 Å². The number of ether oxygens (including phenoxy) is 1. The van der Waals surface area contributed by atoms with Crippen LogP contribution in [0.3, 0.4) is 0 Å². The second-order valence-electron chi connectivity index (χ2n) is 1.91. The van der Waals surface area contributed by atoms with E-state index in [1.165, 1.54) is 0 Å². The number of hydrogen-bond acceptors (Lipinski definition) is 2. The number of hydrogen-bond donors (Lipinski definition) is 0. The highest BCUT2D eigenvalue weighted by Gasteiger charge is 2.22. The summed E-state index contributed by atoms with van der Waals surface area (Å²) < 4.78 is 16.1. The summed E-state index contributed by atoms with van der Waals surface area (Å²) in [6.07, 6.45) is 0.260. The second kappa shape index (κ2) is 3.71. The Hall–Kier alpha value is -0.250. The molecule has 54 valence electrons. The van der Waals surface area contributed by atoms with Crippen molar-refractivity contribution in [3.05, 3.63) is 0 Å². The van der Waals surface area contributed by atoms with Gasteiger partial charge in [0.25, 0.3) is 0 Å². The van der Waals surface area contributed by atoms with Gasteiger partial charge in [-0.2, -0.15) is 13.5 Å². The number of carbonyl (C=O) groups is 1. The first-order valence-electron chi connectivity index (χ1n) is 2.54. The van der Waals surface area contributed by atoms with Crippen LogP contribution < -0.4 is 0 Å². The van der Waals surface area contributed by atoms with Crippen molar-refractivity contribution in [2.24, 2.45) is 5.92 Å². The molecular formula is C5H9FO2S. The lowest BCUT2D eigenvalue weighted by Crippen LogP contribution is -1.99. The Kier molecular flexibility index (Phi) is 3.61. The van der Waals surface area contributed by atoms with E-state index in [1.807, 2.05) is 0 Å². The van der Waals surface area contributed by atoms with Crippen molar-refractivity contribution in [2.45, 2.75) is 6.42 Å². The Labute approximate surface area is 59.8 Å². The van der Waals surface area contributed by atoms with Crippen LogP contribution in [0.2, 0.25) is 0 Å². The van der Waals surface area contributed by atoms with E-state index < -0.39 is 6.67 Å². The van der Waals surface area contributed by atoms with E-state index in [2.05, 4.69) is 4.74 Å². The first-order chi connectivity index (χ1) is 3.83. The fourth-order valence-electron chi connectivity index (χ4n) is 0.663. The topological polar surface area (TPSA) is 26.3 Å². The molecule has 1 rings (SSSR count). The molecule has 0 aromatic heterocycles. The zero-order valence-electron chi connectivity index (χ0n) is 4.89. The van der Waals surface area contributed by atoms with Crippen LogP contribution in [0.1, 0.15) is 6.42 Å². The van der Waals surface area contributed by atoms with Gasteiger partial charge in [-0.3, -0.25) is 9.18 Å². The molecule has 0 bridgehead atoms. The average molecular weight is 152 g/mol. The molecule has 0 aromatic carbocycles. The molecular weight excluding hydrogens is 143 g/mol. The zero-order chi connectivity index (χ0) is 5.98. The Balaban J connectivity index is 0.000000640. The summed E-state index contributed by atoms with van der Waals surface area (Å²) in [5, 5.41) is 0. The molecule has 0 aromatic rings. The van der Waals surface area contributed by atoms with E-state index in [-0.39, 0.29) is 38.4 Å². The predicted molar refractivity (Wildman–Crippen MR) is 35.4 cm³/mol. The molecule has 1 aliphatic heterocycles. The third-order valence-electron chi connectivity index (χ3n) is 1.15.